The maximum absolute atomic E-state index is 11.6. The number of hydrogen-bond donors (Lipinski definition) is 1. The molecule has 8 nitrogen and oxygen atoms in total. The SMILES string of the molecule is CCOC(=O)Cc1ccc(Cc2nccc(Nc3ccnc(-c4cccc(C)n4)n3)n2)cc1. The lowest BCUT2D eigenvalue weighted by Crippen LogP contribution is -2.07. The fourth-order valence-corrected chi connectivity index (χ4v) is 3.24. The van der Waals surface area contributed by atoms with Crippen molar-refractivity contribution in [2.75, 3.05) is 11.9 Å². The Labute approximate surface area is 192 Å². The summed E-state index contributed by atoms with van der Waals surface area (Å²) < 4.78 is 4.99. The van der Waals surface area contributed by atoms with Crippen molar-refractivity contribution in [3.05, 3.63) is 89.6 Å². The molecule has 1 aromatic carbocycles. The second-order valence-corrected chi connectivity index (χ2v) is 7.39. The highest BCUT2D eigenvalue weighted by atomic mass is 16.5. The molecule has 33 heavy (non-hydrogen) atoms. The van der Waals surface area contributed by atoms with Gasteiger partial charge in [-0.1, -0.05) is 30.3 Å². The molecule has 0 aliphatic carbocycles. The lowest BCUT2D eigenvalue weighted by atomic mass is 10.1. The number of esters is 1. The number of ether oxygens (including phenoxy) is 1. The number of aryl methyl sites for hydroxylation is 1. The van der Waals surface area contributed by atoms with Crippen molar-refractivity contribution in [3.63, 3.8) is 0 Å². The van der Waals surface area contributed by atoms with Crippen LogP contribution in [0.1, 0.15) is 29.6 Å². The summed E-state index contributed by atoms with van der Waals surface area (Å²) in [6.07, 6.45) is 4.24. The quantitative estimate of drug-likeness (QED) is 0.409. The Morgan fingerprint density at radius 3 is 2.36 bits per heavy atom. The van der Waals surface area contributed by atoms with Gasteiger partial charge in [0.1, 0.15) is 23.2 Å². The molecule has 0 atom stereocenters. The van der Waals surface area contributed by atoms with Crippen LogP contribution in [0.15, 0.2) is 67.0 Å². The highest BCUT2D eigenvalue weighted by molar-refractivity contribution is 5.72. The van der Waals surface area contributed by atoms with E-state index in [9.17, 15) is 4.79 Å². The van der Waals surface area contributed by atoms with Gasteiger partial charge in [-0.05, 0) is 49.2 Å². The van der Waals surface area contributed by atoms with Crippen LogP contribution in [-0.4, -0.2) is 37.5 Å². The summed E-state index contributed by atoms with van der Waals surface area (Å²) in [6, 6.07) is 17.1. The van der Waals surface area contributed by atoms with Crippen molar-refractivity contribution < 1.29 is 9.53 Å². The Balaban J connectivity index is 1.43. The molecule has 0 bridgehead atoms. The molecule has 0 aliphatic heterocycles. The Bertz CT molecular complexity index is 1240. The van der Waals surface area contributed by atoms with Crippen molar-refractivity contribution >= 4 is 17.6 Å². The number of nitrogens with one attached hydrogen (secondary N) is 1. The fraction of sp³-hybridized carbons (Fsp3) is 0.200. The third kappa shape index (κ3) is 6.16. The first-order valence-corrected chi connectivity index (χ1v) is 10.7. The van der Waals surface area contributed by atoms with Gasteiger partial charge in [0.05, 0.1) is 13.0 Å². The molecule has 0 radical (unpaired) electrons. The Kier molecular flexibility index (Phi) is 6.94. The number of anilines is 2. The van der Waals surface area contributed by atoms with Crippen LogP contribution in [0.25, 0.3) is 11.5 Å². The molecule has 0 unspecified atom stereocenters. The maximum Gasteiger partial charge on any atom is 0.310 e. The molecule has 0 spiro atoms. The molecule has 0 saturated heterocycles. The fourth-order valence-electron chi connectivity index (χ4n) is 3.24. The van der Waals surface area contributed by atoms with Crippen LogP contribution in [0, 0.1) is 6.92 Å². The van der Waals surface area contributed by atoms with Gasteiger partial charge >= 0.3 is 5.97 Å². The van der Waals surface area contributed by atoms with Crippen LogP contribution >= 0.6 is 0 Å². The molecular formula is C25H24N6O2. The summed E-state index contributed by atoms with van der Waals surface area (Å²) in [5.41, 5.74) is 3.59. The molecule has 3 heterocycles. The molecule has 8 heteroatoms. The molecule has 166 valence electrons. The summed E-state index contributed by atoms with van der Waals surface area (Å²) in [5, 5.41) is 3.22. The average molecular weight is 441 g/mol. The summed E-state index contributed by atoms with van der Waals surface area (Å²) in [7, 11) is 0. The Morgan fingerprint density at radius 1 is 0.879 bits per heavy atom. The van der Waals surface area contributed by atoms with Gasteiger partial charge in [0.25, 0.3) is 0 Å². The van der Waals surface area contributed by atoms with Gasteiger partial charge in [-0.15, -0.1) is 0 Å². The minimum atomic E-state index is -0.224. The van der Waals surface area contributed by atoms with Crippen LogP contribution in [0.4, 0.5) is 11.6 Å². The number of carbonyl (C=O) groups excluding carboxylic acids is 1. The van der Waals surface area contributed by atoms with Crippen molar-refractivity contribution in [2.24, 2.45) is 0 Å². The lowest BCUT2D eigenvalue weighted by molar-refractivity contribution is -0.142. The topological polar surface area (TPSA) is 103 Å². The van der Waals surface area contributed by atoms with E-state index < -0.39 is 0 Å². The summed E-state index contributed by atoms with van der Waals surface area (Å²) in [5.74, 6) is 2.25. The van der Waals surface area contributed by atoms with Crippen molar-refractivity contribution in [1.29, 1.82) is 0 Å². The van der Waals surface area contributed by atoms with E-state index >= 15 is 0 Å². The van der Waals surface area contributed by atoms with E-state index in [-0.39, 0.29) is 12.4 Å². The van der Waals surface area contributed by atoms with E-state index in [1.807, 2.05) is 49.4 Å². The highest BCUT2D eigenvalue weighted by Crippen LogP contribution is 2.17. The number of rotatable bonds is 8. The number of aromatic nitrogens is 5. The minimum absolute atomic E-state index is 0.224. The Hall–Kier alpha value is -4.20. The van der Waals surface area contributed by atoms with Gasteiger partial charge in [-0.25, -0.2) is 24.9 Å². The monoisotopic (exact) mass is 440 g/mol. The smallest absolute Gasteiger partial charge is 0.310 e. The third-order valence-corrected chi connectivity index (χ3v) is 4.77. The average Bonchev–Trinajstić information content (AvgIpc) is 2.81. The summed E-state index contributed by atoms with van der Waals surface area (Å²) in [6.45, 7) is 4.12. The molecule has 0 saturated carbocycles. The largest absolute Gasteiger partial charge is 0.466 e. The van der Waals surface area contributed by atoms with Crippen LogP contribution in [0.3, 0.4) is 0 Å². The second kappa shape index (κ2) is 10.4. The number of pyridine rings is 1. The molecule has 0 amide bonds. The first kappa shape index (κ1) is 22.0. The van der Waals surface area contributed by atoms with Crippen LogP contribution in [0.2, 0.25) is 0 Å². The summed E-state index contributed by atoms with van der Waals surface area (Å²) in [4.78, 5) is 34.0. The number of benzene rings is 1. The van der Waals surface area contributed by atoms with Gasteiger partial charge in [-0.2, -0.15) is 0 Å². The van der Waals surface area contributed by atoms with Gasteiger partial charge in [0, 0.05) is 24.5 Å². The van der Waals surface area contributed by atoms with E-state index in [0.29, 0.717) is 42.0 Å². The predicted octanol–water partition coefficient (Wildman–Crippen LogP) is 4.08. The predicted molar refractivity (Wildman–Crippen MR) is 125 cm³/mol. The summed E-state index contributed by atoms with van der Waals surface area (Å²) >= 11 is 0. The molecule has 4 rings (SSSR count). The minimum Gasteiger partial charge on any atom is -0.466 e. The van der Waals surface area contributed by atoms with Gasteiger partial charge in [0.15, 0.2) is 5.82 Å². The van der Waals surface area contributed by atoms with E-state index in [1.54, 1.807) is 31.5 Å². The zero-order chi connectivity index (χ0) is 23.0. The molecule has 4 aromatic rings. The van der Waals surface area contributed by atoms with E-state index in [4.69, 9.17) is 4.74 Å². The van der Waals surface area contributed by atoms with Crippen molar-refractivity contribution in [2.45, 2.75) is 26.7 Å². The van der Waals surface area contributed by atoms with E-state index in [1.165, 1.54) is 0 Å². The Morgan fingerprint density at radius 2 is 1.61 bits per heavy atom. The van der Waals surface area contributed by atoms with Gasteiger partial charge in [0.2, 0.25) is 0 Å². The zero-order valence-corrected chi connectivity index (χ0v) is 18.5. The first-order valence-electron chi connectivity index (χ1n) is 10.7. The second-order valence-electron chi connectivity index (χ2n) is 7.39. The number of carbonyl (C=O) groups is 1. The third-order valence-electron chi connectivity index (χ3n) is 4.77. The number of nitrogens with zero attached hydrogens (tertiary/aromatic N) is 5. The normalized spacial score (nSPS) is 10.6. The van der Waals surface area contributed by atoms with Gasteiger partial charge < -0.3 is 10.1 Å². The first-order chi connectivity index (χ1) is 16.1. The van der Waals surface area contributed by atoms with Crippen LogP contribution in [0.5, 0.6) is 0 Å². The maximum atomic E-state index is 11.6. The van der Waals surface area contributed by atoms with E-state index in [0.717, 1.165) is 16.8 Å². The molecular weight excluding hydrogens is 416 g/mol. The van der Waals surface area contributed by atoms with Crippen LogP contribution in [-0.2, 0) is 22.4 Å². The van der Waals surface area contributed by atoms with Crippen molar-refractivity contribution in [3.8, 4) is 11.5 Å². The molecule has 1 N–H and O–H groups in total. The van der Waals surface area contributed by atoms with Gasteiger partial charge in [-0.3, -0.25) is 4.79 Å². The van der Waals surface area contributed by atoms with Crippen molar-refractivity contribution in [1.82, 2.24) is 24.9 Å². The van der Waals surface area contributed by atoms with E-state index in [2.05, 4.69) is 30.2 Å². The molecule has 0 fully saturated rings. The van der Waals surface area contributed by atoms with Crippen LogP contribution < -0.4 is 5.32 Å². The molecule has 3 aromatic heterocycles. The standard InChI is InChI=1S/C25H24N6O2/c1-3-33-24(32)16-19-9-7-18(8-10-19)15-23-26-13-11-21(30-23)29-22-12-14-27-25(31-22)20-6-4-5-17(2)28-20/h4-14H,3,15-16H2,1-2H3,(H,26,27,29,30,31). The molecule has 0 aliphatic rings. The highest BCUT2D eigenvalue weighted by Gasteiger charge is 2.08. The lowest BCUT2D eigenvalue weighted by Gasteiger charge is -2.08. The zero-order valence-electron chi connectivity index (χ0n) is 18.5. The number of hydrogen-bond acceptors (Lipinski definition) is 8.